The van der Waals surface area contributed by atoms with Crippen molar-refractivity contribution in [3.05, 3.63) is 23.8 Å². The molecule has 0 unspecified atom stereocenters. The van der Waals surface area contributed by atoms with Gasteiger partial charge in [-0.15, -0.1) is 0 Å². The standard InChI is InChI=1S/C10H15N3O/c1-7-11-10(13-12-7)9(14)8-5-3-2-4-6-8/h2-3,8-9,14H,4-6H2,1H3,(H,11,12,13)/t8-,9+/m1/s1. The van der Waals surface area contributed by atoms with Crippen LogP contribution in [0.25, 0.3) is 0 Å². The molecule has 0 aliphatic heterocycles. The quantitative estimate of drug-likeness (QED) is 0.700. The molecule has 0 aromatic carbocycles. The van der Waals surface area contributed by atoms with Crippen molar-refractivity contribution in [1.29, 1.82) is 0 Å². The lowest BCUT2D eigenvalue weighted by molar-refractivity contribution is 0.0943. The Morgan fingerprint density at radius 1 is 1.57 bits per heavy atom. The Balaban J connectivity index is 2.07. The maximum absolute atomic E-state index is 9.98. The number of nitrogens with zero attached hydrogens (tertiary/aromatic N) is 2. The first-order valence-electron chi connectivity index (χ1n) is 4.99. The summed E-state index contributed by atoms with van der Waals surface area (Å²) in [5.41, 5.74) is 0. The molecule has 2 rings (SSSR count). The summed E-state index contributed by atoms with van der Waals surface area (Å²) in [5, 5.41) is 16.7. The first-order chi connectivity index (χ1) is 6.77. The molecule has 1 aliphatic rings. The third kappa shape index (κ3) is 1.85. The van der Waals surface area contributed by atoms with Crippen molar-refractivity contribution in [1.82, 2.24) is 15.2 Å². The third-order valence-electron chi connectivity index (χ3n) is 2.64. The Bertz CT molecular complexity index is 332. The highest BCUT2D eigenvalue weighted by molar-refractivity contribution is 4.99. The minimum Gasteiger partial charge on any atom is -0.385 e. The number of rotatable bonds is 2. The summed E-state index contributed by atoms with van der Waals surface area (Å²) in [7, 11) is 0. The zero-order valence-corrected chi connectivity index (χ0v) is 8.27. The molecule has 76 valence electrons. The molecular weight excluding hydrogens is 178 g/mol. The fourth-order valence-corrected chi connectivity index (χ4v) is 1.81. The molecule has 0 radical (unpaired) electrons. The number of nitrogens with one attached hydrogen (secondary N) is 1. The van der Waals surface area contributed by atoms with Crippen LogP contribution in [0.1, 0.15) is 37.0 Å². The second-order valence-electron chi connectivity index (χ2n) is 3.77. The molecule has 0 saturated carbocycles. The number of aromatic nitrogens is 3. The summed E-state index contributed by atoms with van der Waals surface area (Å²) in [5.74, 6) is 1.56. The van der Waals surface area contributed by atoms with Crippen LogP contribution in [0.5, 0.6) is 0 Å². The monoisotopic (exact) mass is 193 g/mol. The van der Waals surface area contributed by atoms with Crippen molar-refractivity contribution >= 4 is 0 Å². The highest BCUT2D eigenvalue weighted by Crippen LogP contribution is 2.29. The molecule has 0 amide bonds. The van der Waals surface area contributed by atoms with E-state index in [9.17, 15) is 5.11 Å². The Kier molecular flexibility index (Phi) is 2.63. The minimum absolute atomic E-state index is 0.273. The molecule has 0 saturated heterocycles. The van der Waals surface area contributed by atoms with E-state index in [4.69, 9.17) is 0 Å². The van der Waals surface area contributed by atoms with Crippen molar-refractivity contribution in [3.8, 4) is 0 Å². The van der Waals surface area contributed by atoms with Gasteiger partial charge >= 0.3 is 0 Å². The lowest BCUT2D eigenvalue weighted by Gasteiger charge is -2.21. The molecule has 0 fully saturated rings. The van der Waals surface area contributed by atoms with E-state index in [-0.39, 0.29) is 5.92 Å². The van der Waals surface area contributed by atoms with E-state index >= 15 is 0 Å². The van der Waals surface area contributed by atoms with Gasteiger partial charge in [-0.1, -0.05) is 12.2 Å². The topological polar surface area (TPSA) is 61.8 Å². The Hall–Kier alpha value is -1.16. The van der Waals surface area contributed by atoms with Gasteiger partial charge in [0.05, 0.1) is 0 Å². The lowest BCUT2D eigenvalue weighted by atomic mass is 9.89. The van der Waals surface area contributed by atoms with Gasteiger partial charge in [-0.2, -0.15) is 5.10 Å². The largest absolute Gasteiger partial charge is 0.385 e. The molecule has 1 aromatic heterocycles. The Morgan fingerprint density at radius 2 is 2.43 bits per heavy atom. The number of allylic oxidation sites excluding steroid dienone is 2. The summed E-state index contributed by atoms with van der Waals surface area (Å²) < 4.78 is 0. The van der Waals surface area contributed by atoms with Crippen molar-refractivity contribution < 1.29 is 5.11 Å². The molecule has 4 nitrogen and oxygen atoms in total. The van der Waals surface area contributed by atoms with Gasteiger partial charge in [0.1, 0.15) is 11.9 Å². The number of hydrogen-bond donors (Lipinski definition) is 2. The minimum atomic E-state index is -0.523. The second kappa shape index (κ2) is 3.92. The van der Waals surface area contributed by atoms with Gasteiger partial charge in [0.25, 0.3) is 0 Å². The second-order valence-corrected chi connectivity index (χ2v) is 3.77. The fraction of sp³-hybridized carbons (Fsp3) is 0.600. The molecule has 0 spiro atoms. The van der Waals surface area contributed by atoms with Crippen LogP contribution in [0.2, 0.25) is 0 Å². The average molecular weight is 193 g/mol. The first-order valence-corrected chi connectivity index (χ1v) is 4.99. The molecule has 1 aliphatic carbocycles. The highest BCUT2D eigenvalue weighted by atomic mass is 16.3. The maximum atomic E-state index is 9.98. The summed E-state index contributed by atoms with van der Waals surface area (Å²) in [6, 6.07) is 0. The van der Waals surface area contributed by atoms with Gasteiger partial charge in [0.15, 0.2) is 5.82 Å². The van der Waals surface area contributed by atoms with Gasteiger partial charge in [-0.3, -0.25) is 5.10 Å². The van der Waals surface area contributed by atoms with Crippen LogP contribution < -0.4 is 0 Å². The molecule has 2 atom stereocenters. The molecule has 14 heavy (non-hydrogen) atoms. The highest BCUT2D eigenvalue weighted by Gasteiger charge is 2.24. The van der Waals surface area contributed by atoms with E-state index in [1.807, 2.05) is 6.92 Å². The predicted molar refractivity (Wildman–Crippen MR) is 52.6 cm³/mol. The van der Waals surface area contributed by atoms with Crippen LogP contribution in [-0.2, 0) is 0 Å². The van der Waals surface area contributed by atoms with E-state index in [0.29, 0.717) is 5.82 Å². The van der Waals surface area contributed by atoms with Crippen molar-refractivity contribution in [2.75, 3.05) is 0 Å². The predicted octanol–water partition coefficient (Wildman–Crippen LogP) is 1.50. The van der Waals surface area contributed by atoms with E-state index in [0.717, 1.165) is 25.1 Å². The van der Waals surface area contributed by atoms with Crippen LogP contribution in [0.15, 0.2) is 12.2 Å². The van der Waals surface area contributed by atoms with E-state index in [2.05, 4.69) is 27.3 Å². The number of aliphatic hydroxyl groups excluding tert-OH is 1. The van der Waals surface area contributed by atoms with Crippen LogP contribution in [0.4, 0.5) is 0 Å². The maximum Gasteiger partial charge on any atom is 0.179 e. The molecule has 2 N–H and O–H groups in total. The number of aryl methyl sites for hydroxylation is 1. The van der Waals surface area contributed by atoms with Crippen molar-refractivity contribution in [2.45, 2.75) is 32.3 Å². The normalized spacial score (nSPS) is 23.7. The van der Waals surface area contributed by atoms with Crippen LogP contribution in [0, 0.1) is 12.8 Å². The van der Waals surface area contributed by atoms with E-state index in [1.165, 1.54) is 0 Å². The van der Waals surface area contributed by atoms with Gasteiger partial charge in [0.2, 0.25) is 0 Å². The van der Waals surface area contributed by atoms with Crippen LogP contribution in [0.3, 0.4) is 0 Å². The Morgan fingerprint density at radius 3 is 3.00 bits per heavy atom. The zero-order valence-electron chi connectivity index (χ0n) is 8.27. The first kappa shape index (κ1) is 9.40. The molecular formula is C10H15N3O. The van der Waals surface area contributed by atoms with Crippen molar-refractivity contribution in [3.63, 3.8) is 0 Å². The fourth-order valence-electron chi connectivity index (χ4n) is 1.81. The molecule has 4 heteroatoms. The number of hydrogen-bond acceptors (Lipinski definition) is 3. The van der Waals surface area contributed by atoms with E-state index in [1.54, 1.807) is 0 Å². The summed E-state index contributed by atoms with van der Waals surface area (Å²) >= 11 is 0. The number of H-pyrrole nitrogens is 1. The van der Waals surface area contributed by atoms with E-state index < -0.39 is 6.10 Å². The number of aliphatic hydroxyl groups is 1. The molecule has 1 heterocycles. The third-order valence-corrected chi connectivity index (χ3v) is 2.64. The zero-order chi connectivity index (χ0) is 9.97. The molecule has 0 bridgehead atoms. The average Bonchev–Trinajstić information content (AvgIpc) is 2.65. The summed E-state index contributed by atoms with van der Waals surface area (Å²) in [6.45, 7) is 1.84. The van der Waals surface area contributed by atoms with Crippen molar-refractivity contribution in [2.24, 2.45) is 5.92 Å². The molecule has 1 aromatic rings. The summed E-state index contributed by atoms with van der Waals surface area (Å²) in [6.07, 6.45) is 6.75. The SMILES string of the molecule is Cc1nc([C@@H](O)[C@@H]2CC=CCC2)n[nH]1. The van der Waals surface area contributed by atoms with Gasteiger partial charge in [-0.25, -0.2) is 4.98 Å². The van der Waals surface area contributed by atoms with Crippen LogP contribution in [-0.4, -0.2) is 20.3 Å². The van der Waals surface area contributed by atoms with Gasteiger partial charge in [-0.05, 0) is 32.1 Å². The lowest BCUT2D eigenvalue weighted by Crippen LogP contribution is -2.15. The smallest absolute Gasteiger partial charge is 0.179 e. The number of aromatic amines is 1. The Labute approximate surface area is 83.1 Å². The van der Waals surface area contributed by atoms with Crippen LogP contribution >= 0.6 is 0 Å². The van der Waals surface area contributed by atoms with Gasteiger partial charge in [0, 0.05) is 0 Å². The van der Waals surface area contributed by atoms with Gasteiger partial charge < -0.3 is 5.11 Å². The summed E-state index contributed by atoms with van der Waals surface area (Å²) in [4.78, 5) is 4.15.